The molecule has 20 heavy (non-hydrogen) atoms. The van der Waals surface area contributed by atoms with Crippen molar-refractivity contribution in [1.29, 1.82) is 0 Å². The van der Waals surface area contributed by atoms with E-state index in [0.717, 1.165) is 17.7 Å². The normalized spacial score (nSPS) is 21.6. The number of fused-ring (bicyclic) bond motifs is 1. The van der Waals surface area contributed by atoms with Crippen molar-refractivity contribution in [2.24, 2.45) is 0 Å². The molecule has 1 aromatic rings. The number of benzene rings is 1. The lowest BCUT2D eigenvalue weighted by molar-refractivity contribution is 0.381. The highest BCUT2D eigenvalue weighted by Crippen LogP contribution is 2.43. The Morgan fingerprint density at radius 2 is 2.05 bits per heavy atom. The predicted octanol–water partition coefficient (Wildman–Crippen LogP) is 3.39. The number of hydrogen-bond donors (Lipinski definition) is 0. The van der Waals surface area contributed by atoms with Crippen LogP contribution >= 0.6 is 0 Å². The summed E-state index contributed by atoms with van der Waals surface area (Å²) in [6, 6.07) is 6.23. The Bertz CT molecular complexity index is 610. The van der Waals surface area contributed by atoms with Crippen LogP contribution in [0.5, 0.6) is 0 Å². The van der Waals surface area contributed by atoms with E-state index < -0.39 is 16.0 Å². The molecule has 0 aromatic heterocycles. The maximum atomic E-state index is 12.9. The van der Waals surface area contributed by atoms with Gasteiger partial charge in [0, 0.05) is 17.8 Å². The van der Waals surface area contributed by atoms with Crippen molar-refractivity contribution in [3.8, 4) is 0 Å². The van der Waals surface area contributed by atoms with Gasteiger partial charge in [0.05, 0.1) is 5.75 Å². The zero-order chi connectivity index (χ0) is 15.1. The molecule has 0 aliphatic carbocycles. The standard InChI is InChI=1S/C15H22FNO2S/c1-11-5-6-13-12(2)10-15(3,4)17(14(13)9-11)7-8-20(16,18)19/h5-6,9,12H,7-8,10H2,1-4H3. The highest BCUT2D eigenvalue weighted by molar-refractivity contribution is 7.86. The van der Waals surface area contributed by atoms with Gasteiger partial charge in [0.1, 0.15) is 0 Å². The van der Waals surface area contributed by atoms with Gasteiger partial charge in [0.15, 0.2) is 0 Å². The number of anilines is 1. The van der Waals surface area contributed by atoms with Gasteiger partial charge in [-0.05, 0) is 50.3 Å². The first kappa shape index (κ1) is 15.3. The third-order valence-electron chi connectivity index (χ3n) is 4.10. The van der Waals surface area contributed by atoms with E-state index in [1.54, 1.807) is 0 Å². The molecule has 1 unspecified atom stereocenters. The van der Waals surface area contributed by atoms with Crippen LogP contribution in [0.3, 0.4) is 0 Å². The second-order valence-corrected chi connectivity index (χ2v) is 7.86. The van der Waals surface area contributed by atoms with Gasteiger partial charge in [-0.3, -0.25) is 0 Å². The van der Waals surface area contributed by atoms with Crippen LogP contribution in [0.4, 0.5) is 9.57 Å². The number of aryl methyl sites for hydroxylation is 1. The number of rotatable bonds is 3. The molecule has 0 saturated carbocycles. The van der Waals surface area contributed by atoms with Crippen LogP contribution in [-0.2, 0) is 10.2 Å². The quantitative estimate of drug-likeness (QED) is 0.803. The predicted molar refractivity (Wildman–Crippen MR) is 80.5 cm³/mol. The topological polar surface area (TPSA) is 37.4 Å². The molecule has 2 rings (SSSR count). The molecule has 0 saturated heterocycles. The van der Waals surface area contributed by atoms with Crippen molar-refractivity contribution in [1.82, 2.24) is 0 Å². The smallest absolute Gasteiger partial charge is 0.304 e. The second-order valence-electron chi connectivity index (χ2n) is 6.37. The summed E-state index contributed by atoms with van der Waals surface area (Å²) < 4.78 is 34.5. The lowest BCUT2D eigenvalue weighted by Crippen LogP contribution is -2.50. The molecule has 0 radical (unpaired) electrons. The lowest BCUT2D eigenvalue weighted by atomic mass is 9.80. The summed E-state index contributed by atoms with van der Waals surface area (Å²) in [6.45, 7) is 8.55. The molecule has 1 aliphatic heterocycles. The summed E-state index contributed by atoms with van der Waals surface area (Å²) >= 11 is 0. The third-order valence-corrected chi connectivity index (χ3v) is 4.77. The van der Waals surface area contributed by atoms with Gasteiger partial charge in [-0.2, -0.15) is 8.42 Å². The maximum Gasteiger partial charge on any atom is 0.304 e. The average molecular weight is 299 g/mol. The van der Waals surface area contributed by atoms with Crippen LogP contribution in [0.1, 0.15) is 44.2 Å². The average Bonchev–Trinajstić information content (AvgIpc) is 2.25. The molecule has 5 heteroatoms. The van der Waals surface area contributed by atoms with E-state index in [-0.39, 0.29) is 12.1 Å². The Kier molecular flexibility index (Phi) is 3.84. The van der Waals surface area contributed by atoms with Crippen LogP contribution in [-0.4, -0.2) is 26.3 Å². The molecule has 3 nitrogen and oxygen atoms in total. The molecular weight excluding hydrogens is 277 g/mol. The van der Waals surface area contributed by atoms with Crippen molar-refractivity contribution in [2.75, 3.05) is 17.2 Å². The molecule has 0 bridgehead atoms. The van der Waals surface area contributed by atoms with E-state index in [2.05, 4.69) is 39.0 Å². The SMILES string of the molecule is Cc1ccc2c(c1)N(CCS(=O)(=O)F)C(C)(C)CC2C. The summed E-state index contributed by atoms with van der Waals surface area (Å²) in [7, 11) is -4.44. The molecule has 0 fully saturated rings. The Labute approximate surface area is 121 Å². The highest BCUT2D eigenvalue weighted by atomic mass is 32.3. The molecule has 0 amide bonds. The number of nitrogens with zero attached hydrogens (tertiary/aromatic N) is 1. The van der Waals surface area contributed by atoms with E-state index in [1.165, 1.54) is 5.56 Å². The van der Waals surface area contributed by atoms with Crippen molar-refractivity contribution in [3.63, 3.8) is 0 Å². The largest absolute Gasteiger partial charge is 0.365 e. The van der Waals surface area contributed by atoms with Crippen LogP contribution < -0.4 is 4.90 Å². The fraction of sp³-hybridized carbons (Fsp3) is 0.600. The summed E-state index contributed by atoms with van der Waals surface area (Å²) in [5.41, 5.74) is 3.20. The minimum Gasteiger partial charge on any atom is -0.365 e. The molecule has 1 heterocycles. The summed E-state index contributed by atoms with van der Waals surface area (Å²) in [4.78, 5) is 2.03. The van der Waals surface area contributed by atoms with Crippen molar-refractivity contribution in [2.45, 2.75) is 45.6 Å². The van der Waals surface area contributed by atoms with Gasteiger partial charge in [-0.15, -0.1) is 3.89 Å². The van der Waals surface area contributed by atoms with Crippen LogP contribution in [0, 0.1) is 6.92 Å². The molecule has 0 N–H and O–H groups in total. The summed E-state index contributed by atoms with van der Waals surface area (Å²) in [5, 5.41) is 0. The molecule has 1 aliphatic rings. The highest BCUT2D eigenvalue weighted by Gasteiger charge is 2.36. The first-order valence-electron chi connectivity index (χ1n) is 6.91. The maximum absolute atomic E-state index is 12.9. The monoisotopic (exact) mass is 299 g/mol. The Morgan fingerprint density at radius 1 is 1.40 bits per heavy atom. The molecule has 1 atom stereocenters. The van der Waals surface area contributed by atoms with Gasteiger partial charge in [0.25, 0.3) is 0 Å². The van der Waals surface area contributed by atoms with Gasteiger partial charge in [-0.25, -0.2) is 0 Å². The van der Waals surface area contributed by atoms with Crippen LogP contribution in [0.25, 0.3) is 0 Å². The van der Waals surface area contributed by atoms with E-state index in [1.807, 2.05) is 11.8 Å². The van der Waals surface area contributed by atoms with Crippen LogP contribution in [0.15, 0.2) is 18.2 Å². The zero-order valence-electron chi connectivity index (χ0n) is 12.5. The van der Waals surface area contributed by atoms with Crippen molar-refractivity contribution in [3.05, 3.63) is 29.3 Å². The third kappa shape index (κ3) is 3.14. The fourth-order valence-electron chi connectivity index (χ4n) is 3.22. The molecule has 1 aromatic carbocycles. The first-order chi connectivity index (χ1) is 9.10. The van der Waals surface area contributed by atoms with Gasteiger partial charge in [-0.1, -0.05) is 19.1 Å². The Balaban J connectivity index is 2.42. The molecule has 0 spiro atoms. The van der Waals surface area contributed by atoms with Gasteiger partial charge in [0.2, 0.25) is 0 Å². The summed E-state index contributed by atoms with van der Waals surface area (Å²) in [5.74, 6) is -0.0445. The minimum atomic E-state index is -4.44. The first-order valence-corrected chi connectivity index (χ1v) is 8.46. The van der Waals surface area contributed by atoms with E-state index in [9.17, 15) is 12.3 Å². The van der Waals surface area contributed by atoms with Gasteiger partial charge >= 0.3 is 10.2 Å². The van der Waals surface area contributed by atoms with Crippen LogP contribution in [0.2, 0.25) is 0 Å². The Morgan fingerprint density at radius 3 is 2.65 bits per heavy atom. The molecular formula is C15H22FNO2S. The van der Waals surface area contributed by atoms with E-state index in [0.29, 0.717) is 5.92 Å². The number of hydrogen-bond acceptors (Lipinski definition) is 3. The lowest BCUT2D eigenvalue weighted by Gasteiger charge is -2.47. The zero-order valence-corrected chi connectivity index (χ0v) is 13.3. The van der Waals surface area contributed by atoms with E-state index >= 15 is 0 Å². The second kappa shape index (κ2) is 5.02. The Hall–Kier alpha value is -1.10. The van der Waals surface area contributed by atoms with Crippen molar-refractivity contribution < 1.29 is 12.3 Å². The summed E-state index contributed by atoms with van der Waals surface area (Å²) in [6.07, 6.45) is 0.926. The van der Waals surface area contributed by atoms with Gasteiger partial charge < -0.3 is 4.90 Å². The van der Waals surface area contributed by atoms with Crippen molar-refractivity contribution >= 4 is 15.9 Å². The minimum absolute atomic E-state index is 0.176. The van der Waals surface area contributed by atoms with E-state index in [4.69, 9.17) is 0 Å². The molecule has 112 valence electrons. The number of halogens is 1. The fourth-order valence-corrected chi connectivity index (χ4v) is 3.62.